The van der Waals surface area contributed by atoms with Crippen LogP contribution in [0.1, 0.15) is 0 Å². The molecule has 5 nitrogen and oxygen atoms in total. The summed E-state index contributed by atoms with van der Waals surface area (Å²) < 4.78 is 4.78. The van der Waals surface area contributed by atoms with Gasteiger partial charge in [-0.25, -0.2) is 0 Å². The van der Waals surface area contributed by atoms with E-state index < -0.39 is 5.38 Å². The second-order valence-electron chi connectivity index (χ2n) is 3.48. The van der Waals surface area contributed by atoms with E-state index in [1.807, 2.05) is 0 Å². The van der Waals surface area contributed by atoms with Gasteiger partial charge in [0.2, 0.25) is 11.8 Å². The summed E-state index contributed by atoms with van der Waals surface area (Å²) >= 11 is 5.78. The third-order valence-electron chi connectivity index (χ3n) is 2.39. The normalized spacial score (nSPS) is 18.2. The Labute approximate surface area is 93.7 Å². The van der Waals surface area contributed by atoms with E-state index in [0.717, 1.165) is 0 Å². The fraction of sp³-hybridized carbons (Fsp3) is 0.778. The van der Waals surface area contributed by atoms with Crippen LogP contribution < -0.4 is 5.32 Å². The minimum Gasteiger partial charge on any atom is -0.383 e. The summed E-state index contributed by atoms with van der Waals surface area (Å²) in [5, 5.41) is 1.89. The van der Waals surface area contributed by atoms with Crippen LogP contribution in [0, 0.1) is 5.92 Å². The van der Waals surface area contributed by atoms with Crippen molar-refractivity contribution in [1.29, 1.82) is 0 Å². The zero-order valence-electron chi connectivity index (χ0n) is 8.83. The third kappa shape index (κ3) is 2.82. The van der Waals surface area contributed by atoms with Crippen molar-refractivity contribution in [3.8, 4) is 0 Å². The number of alkyl halides is 1. The lowest BCUT2D eigenvalue weighted by atomic mass is 9.99. The molecule has 1 heterocycles. The van der Waals surface area contributed by atoms with E-state index >= 15 is 0 Å². The molecule has 0 aromatic carbocycles. The van der Waals surface area contributed by atoms with E-state index in [-0.39, 0.29) is 24.3 Å². The largest absolute Gasteiger partial charge is 0.383 e. The number of amides is 2. The van der Waals surface area contributed by atoms with Gasteiger partial charge in [-0.3, -0.25) is 9.59 Å². The van der Waals surface area contributed by atoms with Crippen molar-refractivity contribution in [1.82, 2.24) is 10.2 Å². The molecule has 1 unspecified atom stereocenters. The number of ether oxygens (including phenoxy) is 1. The molecule has 0 saturated carbocycles. The first kappa shape index (κ1) is 12.3. The van der Waals surface area contributed by atoms with Crippen molar-refractivity contribution in [3.05, 3.63) is 0 Å². The topological polar surface area (TPSA) is 58.6 Å². The van der Waals surface area contributed by atoms with Gasteiger partial charge in [-0.2, -0.15) is 0 Å². The van der Waals surface area contributed by atoms with E-state index in [4.69, 9.17) is 16.3 Å². The number of carbonyl (C=O) groups excluding carboxylic acids is 2. The highest BCUT2D eigenvalue weighted by atomic mass is 35.5. The summed E-state index contributed by atoms with van der Waals surface area (Å²) in [5.41, 5.74) is 0. The van der Waals surface area contributed by atoms with Gasteiger partial charge in [0.1, 0.15) is 5.38 Å². The minimum atomic E-state index is -0.652. The van der Waals surface area contributed by atoms with E-state index in [9.17, 15) is 9.59 Å². The first-order chi connectivity index (χ1) is 7.10. The van der Waals surface area contributed by atoms with Crippen molar-refractivity contribution in [2.24, 2.45) is 5.92 Å². The molecule has 0 spiro atoms. The molecule has 0 bridgehead atoms. The van der Waals surface area contributed by atoms with Gasteiger partial charge in [0.05, 0.1) is 12.5 Å². The lowest BCUT2D eigenvalue weighted by molar-refractivity contribution is -0.143. The number of nitrogens with one attached hydrogen (secondary N) is 1. The van der Waals surface area contributed by atoms with Crippen LogP contribution in [0.2, 0.25) is 0 Å². The maximum atomic E-state index is 11.6. The van der Waals surface area contributed by atoms with Gasteiger partial charge in [0, 0.05) is 27.2 Å². The standard InChI is InChI=1S/C9H15ClN2O3/c1-11-8(13)6-3-12(4-6)9(14)7(10)5-15-2/h6-7H,3-5H2,1-2H3,(H,11,13). The molecule has 86 valence electrons. The van der Waals surface area contributed by atoms with Crippen LogP contribution in [-0.2, 0) is 14.3 Å². The molecule has 6 heteroatoms. The molecule has 1 saturated heterocycles. The average Bonchev–Trinajstić information content (AvgIpc) is 2.15. The predicted octanol–water partition coefficient (Wildman–Crippen LogP) is -0.555. The average molecular weight is 235 g/mol. The number of halogens is 1. The number of carbonyl (C=O) groups is 2. The Kier molecular flexibility index (Phi) is 4.35. The van der Waals surface area contributed by atoms with Crippen LogP contribution in [0.25, 0.3) is 0 Å². The first-order valence-electron chi connectivity index (χ1n) is 4.73. The number of nitrogens with zero attached hydrogens (tertiary/aromatic N) is 1. The fourth-order valence-corrected chi connectivity index (χ4v) is 1.71. The van der Waals surface area contributed by atoms with Crippen molar-refractivity contribution < 1.29 is 14.3 Å². The van der Waals surface area contributed by atoms with Gasteiger partial charge in [-0.1, -0.05) is 0 Å². The Morgan fingerprint density at radius 1 is 1.60 bits per heavy atom. The van der Waals surface area contributed by atoms with E-state index in [2.05, 4.69) is 5.32 Å². The summed E-state index contributed by atoms with van der Waals surface area (Å²) in [6.45, 7) is 1.10. The Hall–Kier alpha value is -0.810. The monoisotopic (exact) mass is 234 g/mol. The van der Waals surface area contributed by atoms with Crippen LogP contribution in [0.4, 0.5) is 0 Å². The Balaban J connectivity index is 2.32. The van der Waals surface area contributed by atoms with Crippen molar-refractivity contribution in [2.75, 3.05) is 33.9 Å². The lowest BCUT2D eigenvalue weighted by Crippen LogP contribution is -2.57. The zero-order valence-corrected chi connectivity index (χ0v) is 9.58. The molecule has 1 rings (SSSR count). The Morgan fingerprint density at radius 3 is 2.67 bits per heavy atom. The summed E-state index contributed by atoms with van der Waals surface area (Å²) in [6, 6.07) is 0. The van der Waals surface area contributed by atoms with Crippen LogP contribution >= 0.6 is 11.6 Å². The second kappa shape index (κ2) is 5.32. The maximum Gasteiger partial charge on any atom is 0.243 e. The molecule has 0 aromatic rings. The van der Waals surface area contributed by atoms with Crippen molar-refractivity contribution in [3.63, 3.8) is 0 Å². The van der Waals surface area contributed by atoms with Crippen molar-refractivity contribution in [2.45, 2.75) is 5.38 Å². The molecule has 0 radical (unpaired) electrons. The maximum absolute atomic E-state index is 11.6. The van der Waals surface area contributed by atoms with Crippen LogP contribution in [-0.4, -0.2) is 55.9 Å². The molecule has 0 aliphatic carbocycles. The lowest BCUT2D eigenvalue weighted by Gasteiger charge is -2.38. The van der Waals surface area contributed by atoms with Crippen LogP contribution in [0.15, 0.2) is 0 Å². The molecule has 1 atom stereocenters. The van der Waals surface area contributed by atoms with Crippen molar-refractivity contribution >= 4 is 23.4 Å². The molecule has 1 aliphatic heterocycles. The fourth-order valence-electron chi connectivity index (χ4n) is 1.44. The van der Waals surface area contributed by atoms with E-state index in [1.165, 1.54) is 7.11 Å². The molecular weight excluding hydrogens is 220 g/mol. The van der Waals surface area contributed by atoms with Gasteiger partial charge in [-0.15, -0.1) is 11.6 Å². The molecular formula is C9H15ClN2O3. The second-order valence-corrected chi connectivity index (χ2v) is 4.00. The summed E-state index contributed by atoms with van der Waals surface area (Å²) in [7, 11) is 3.08. The molecule has 0 aromatic heterocycles. The highest BCUT2D eigenvalue weighted by Gasteiger charge is 2.37. The highest BCUT2D eigenvalue weighted by Crippen LogP contribution is 2.18. The smallest absolute Gasteiger partial charge is 0.243 e. The zero-order chi connectivity index (χ0) is 11.4. The predicted molar refractivity (Wildman–Crippen MR) is 55.7 cm³/mol. The van der Waals surface area contributed by atoms with Crippen LogP contribution in [0.3, 0.4) is 0 Å². The quantitative estimate of drug-likeness (QED) is 0.664. The molecule has 2 amide bonds. The number of hydrogen-bond acceptors (Lipinski definition) is 3. The van der Waals surface area contributed by atoms with Gasteiger partial charge < -0.3 is 15.0 Å². The number of hydrogen-bond donors (Lipinski definition) is 1. The third-order valence-corrected chi connectivity index (χ3v) is 2.70. The highest BCUT2D eigenvalue weighted by molar-refractivity contribution is 6.31. The van der Waals surface area contributed by atoms with E-state index in [1.54, 1.807) is 11.9 Å². The van der Waals surface area contributed by atoms with Gasteiger partial charge in [0.25, 0.3) is 0 Å². The number of likely N-dealkylation sites (tertiary alicyclic amines) is 1. The van der Waals surface area contributed by atoms with Gasteiger partial charge in [0.15, 0.2) is 0 Å². The minimum absolute atomic E-state index is 0.0306. The number of methoxy groups -OCH3 is 1. The molecule has 1 N–H and O–H groups in total. The SMILES string of the molecule is CNC(=O)C1CN(C(=O)C(Cl)COC)C1. The van der Waals surface area contributed by atoms with Gasteiger partial charge >= 0.3 is 0 Å². The summed E-state index contributed by atoms with van der Waals surface area (Å²) in [4.78, 5) is 24.3. The molecule has 1 aliphatic rings. The first-order valence-corrected chi connectivity index (χ1v) is 5.17. The molecule has 1 fully saturated rings. The summed E-state index contributed by atoms with van der Waals surface area (Å²) in [6.07, 6.45) is 0. The Bertz CT molecular complexity index is 254. The Morgan fingerprint density at radius 2 is 2.20 bits per heavy atom. The van der Waals surface area contributed by atoms with Gasteiger partial charge in [-0.05, 0) is 0 Å². The van der Waals surface area contributed by atoms with E-state index in [0.29, 0.717) is 13.1 Å². The summed E-state index contributed by atoms with van der Waals surface area (Å²) in [5.74, 6) is -0.291. The van der Waals surface area contributed by atoms with Crippen LogP contribution in [0.5, 0.6) is 0 Å². The number of rotatable bonds is 4. The molecule has 15 heavy (non-hydrogen) atoms.